The third-order valence-corrected chi connectivity index (χ3v) is 6.40. The summed E-state index contributed by atoms with van der Waals surface area (Å²) >= 11 is 0. The second-order valence-electron chi connectivity index (χ2n) is 8.30. The minimum Gasteiger partial charge on any atom is -0.508 e. The highest BCUT2D eigenvalue weighted by Crippen LogP contribution is 2.40. The average molecular weight is 366 g/mol. The van der Waals surface area contributed by atoms with E-state index in [0.29, 0.717) is 11.7 Å². The normalized spacial score (nSPS) is 24.4. The van der Waals surface area contributed by atoms with Crippen LogP contribution < -0.4 is 0 Å². The molecule has 0 bridgehead atoms. The Morgan fingerprint density at radius 3 is 2.67 bits per heavy atom. The molecule has 3 atom stereocenters. The van der Waals surface area contributed by atoms with Gasteiger partial charge in [0, 0.05) is 19.0 Å². The van der Waals surface area contributed by atoms with E-state index in [4.69, 9.17) is 0 Å². The Morgan fingerprint density at radius 1 is 1.22 bits per heavy atom. The molecule has 2 aromatic rings. The van der Waals surface area contributed by atoms with Crippen molar-refractivity contribution in [1.82, 2.24) is 4.90 Å². The van der Waals surface area contributed by atoms with E-state index in [9.17, 15) is 9.90 Å². The van der Waals surface area contributed by atoms with Crippen LogP contribution in [-0.4, -0.2) is 35.9 Å². The lowest BCUT2D eigenvalue weighted by atomic mass is 9.68. The number of likely N-dealkylation sites (tertiary alicyclic amines) is 1. The maximum absolute atomic E-state index is 11.6. The molecule has 0 aromatic heterocycles. The number of aldehydes is 1. The SMILES string of the molecule is CC1CN(CC(C=O)CCc2ccccc2)CCC1(C)c1cccc(O)c1. The fraction of sp³-hybridized carbons (Fsp3) is 0.458. The van der Waals surface area contributed by atoms with Gasteiger partial charge in [-0.3, -0.25) is 0 Å². The van der Waals surface area contributed by atoms with Crippen molar-refractivity contribution < 1.29 is 9.90 Å². The van der Waals surface area contributed by atoms with E-state index < -0.39 is 0 Å². The topological polar surface area (TPSA) is 40.5 Å². The van der Waals surface area contributed by atoms with Crippen LogP contribution >= 0.6 is 0 Å². The number of aromatic hydroxyl groups is 1. The van der Waals surface area contributed by atoms with Gasteiger partial charge in [-0.2, -0.15) is 0 Å². The number of carbonyl (C=O) groups excluding carboxylic acids is 1. The highest BCUT2D eigenvalue weighted by molar-refractivity contribution is 5.53. The number of hydrogen-bond acceptors (Lipinski definition) is 3. The van der Waals surface area contributed by atoms with Gasteiger partial charge < -0.3 is 14.8 Å². The lowest BCUT2D eigenvalue weighted by Gasteiger charge is -2.45. The van der Waals surface area contributed by atoms with E-state index in [0.717, 1.165) is 45.2 Å². The van der Waals surface area contributed by atoms with Gasteiger partial charge in [0.1, 0.15) is 12.0 Å². The molecule has 2 aromatic carbocycles. The van der Waals surface area contributed by atoms with Gasteiger partial charge in [0.25, 0.3) is 0 Å². The molecule has 1 saturated heterocycles. The molecule has 1 aliphatic rings. The average Bonchev–Trinajstić information content (AvgIpc) is 2.68. The molecule has 0 radical (unpaired) electrons. The Labute approximate surface area is 163 Å². The zero-order chi connectivity index (χ0) is 19.3. The summed E-state index contributed by atoms with van der Waals surface area (Å²) in [7, 11) is 0. The van der Waals surface area contributed by atoms with Crippen LogP contribution in [0.25, 0.3) is 0 Å². The van der Waals surface area contributed by atoms with Gasteiger partial charge in [-0.1, -0.05) is 56.3 Å². The van der Waals surface area contributed by atoms with Crippen LogP contribution in [0.5, 0.6) is 5.75 Å². The second kappa shape index (κ2) is 8.71. The van der Waals surface area contributed by atoms with Crippen LogP contribution in [0.3, 0.4) is 0 Å². The first-order chi connectivity index (χ1) is 13.0. The number of rotatable bonds is 7. The molecule has 3 heteroatoms. The molecule has 0 spiro atoms. The largest absolute Gasteiger partial charge is 0.508 e. The summed E-state index contributed by atoms with van der Waals surface area (Å²) in [6.45, 7) is 7.41. The lowest BCUT2D eigenvalue weighted by molar-refractivity contribution is -0.112. The Kier molecular flexibility index (Phi) is 6.33. The molecule has 0 amide bonds. The van der Waals surface area contributed by atoms with E-state index in [1.807, 2.05) is 18.2 Å². The molecule has 0 aliphatic carbocycles. The van der Waals surface area contributed by atoms with Crippen molar-refractivity contribution in [3.8, 4) is 5.75 Å². The predicted octanol–water partition coefficient (Wildman–Crippen LogP) is 4.44. The van der Waals surface area contributed by atoms with Crippen molar-refractivity contribution in [3.63, 3.8) is 0 Å². The number of hydrogen-bond donors (Lipinski definition) is 1. The number of phenols is 1. The molecule has 1 heterocycles. The molecule has 3 nitrogen and oxygen atoms in total. The van der Waals surface area contributed by atoms with Crippen LogP contribution in [0.4, 0.5) is 0 Å². The number of benzene rings is 2. The number of carbonyl (C=O) groups is 1. The molecule has 27 heavy (non-hydrogen) atoms. The summed E-state index contributed by atoms with van der Waals surface area (Å²) in [5.74, 6) is 0.891. The van der Waals surface area contributed by atoms with Gasteiger partial charge in [-0.15, -0.1) is 0 Å². The molecule has 3 unspecified atom stereocenters. The molecular formula is C24H31NO2. The third-order valence-electron chi connectivity index (χ3n) is 6.40. The lowest BCUT2D eigenvalue weighted by Crippen LogP contribution is -2.48. The molecular weight excluding hydrogens is 334 g/mol. The van der Waals surface area contributed by atoms with Gasteiger partial charge in [0.2, 0.25) is 0 Å². The fourth-order valence-electron chi connectivity index (χ4n) is 4.30. The summed E-state index contributed by atoms with van der Waals surface area (Å²) in [6, 6.07) is 18.1. The summed E-state index contributed by atoms with van der Waals surface area (Å²) in [6.07, 6.45) is 4.04. The van der Waals surface area contributed by atoms with Crippen LogP contribution in [0, 0.1) is 11.8 Å². The Balaban J connectivity index is 1.57. The van der Waals surface area contributed by atoms with Crippen molar-refractivity contribution in [3.05, 3.63) is 65.7 Å². The maximum atomic E-state index is 11.6. The predicted molar refractivity (Wildman–Crippen MR) is 110 cm³/mol. The highest BCUT2D eigenvalue weighted by Gasteiger charge is 2.38. The molecule has 0 saturated carbocycles. The maximum Gasteiger partial charge on any atom is 0.124 e. The third kappa shape index (κ3) is 4.78. The fourth-order valence-corrected chi connectivity index (χ4v) is 4.30. The van der Waals surface area contributed by atoms with Crippen LogP contribution in [0.15, 0.2) is 54.6 Å². The summed E-state index contributed by atoms with van der Waals surface area (Å²) in [5, 5.41) is 9.85. The van der Waals surface area contributed by atoms with E-state index in [1.54, 1.807) is 6.07 Å². The van der Waals surface area contributed by atoms with Crippen LogP contribution in [-0.2, 0) is 16.6 Å². The van der Waals surface area contributed by atoms with Crippen LogP contribution in [0.1, 0.15) is 37.8 Å². The van der Waals surface area contributed by atoms with Crippen molar-refractivity contribution in [2.45, 2.75) is 38.5 Å². The summed E-state index contributed by atoms with van der Waals surface area (Å²) in [5.41, 5.74) is 2.58. The van der Waals surface area contributed by atoms with Gasteiger partial charge in [0.05, 0.1) is 0 Å². The van der Waals surface area contributed by atoms with Crippen molar-refractivity contribution in [2.24, 2.45) is 11.8 Å². The van der Waals surface area contributed by atoms with Crippen molar-refractivity contribution in [1.29, 1.82) is 0 Å². The molecule has 1 aliphatic heterocycles. The Morgan fingerprint density at radius 2 is 2.00 bits per heavy atom. The smallest absolute Gasteiger partial charge is 0.124 e. The van der Waals surface area contributed by atoms with Crippen molar-refractivity contribution in [2.75, 3.05) is 19.6 Å². The van der Waals surface area contributed by atoms with Gasteiger partial charge in [0.15, 0.2) is 0 Å². The Hall–Kier alpha value is -2.13. The first-order valence-corrected chi connectivity index (χ1v) is 10.0. The first-order valence-electron chi connectivity index (χ1n) is 10.0. The van der Waals surface area contributed by atoms with E-state index in [-0.39, 0.29) is 11.3 Å². The zero-order valence-corrected chi connectivity index (χ0v) is 16.5. The molecule has 144 valence electrons. The van der Waals surface area contributed by atoms with E-state index in [1.165, 1.54) is 11.1 Å². The summed E-state index contributed by atoms with van der Waals surface area (Å²) < 4.78 is 0. The minimum absolute atomic E-state index is 0.0654. The highest BCUT2D eigenvalue weighted by atomic mass is 16.3. The van der Waals surface area contributed by atoms with Crippen molar-refractivity contribution >= 4 is 6.29 Å². The number of phenolic OH excluding ortho intramolecular Hbond substituents is 1. The molecule has 1 N–H and O–H groups in total. The van der Waals surface area contributed by atoms with Crippen LogP contribution in [0.2, 0.25) is 0 Å². The van der Waals surface area contributed by atoms with Gasteiger partial charge >= 0.3 is 0 Å². The quantitative estimate of drug-likeness (QED) is 0.738. The molecule has 3 rings (SSSR count). The van der Waals surface area contributed by atoms with Gasteiger partial charge in [-0.05, 0) is 60.4 Å². The first kappa shape index (κ1) is 19.6. The number of piperidine rings is 1. The zero-order valence-electron chi connectivity index (χ0n) is 16.5. The minimum atomic E-state index is 0.0654. The Bertz CT molecular complexity index is 745. The monoisotopic (exact) mass is 365 g/mol. The van der Waals surface area contributed by atoms with Gasteiger partial charge in [-0.25, -0.2) is 0 Å². The molecule has 1 fully saturated rings. The van der Waals surface area contributed by atoms with E-state index >= 15 is 0 Å². The number of nitrogens with zero attached hydrogens (tertiary/aromatic N) is 1. The van der Waals surface area contributed by atoms with E-state index in [2.05, 4.69) is 49.1 Å². The summed E-state index contributed by atoms with van der Waals surface area (Å²) in [4.78, 5) is 14.1. The standard InChI is InChI=1S/C24H31NO2/c1-19-16-25(14-13-24(19,2)22-9-6-10-23(27)15-22)17-21(18-26)12-11-20-7-4-3-5-8-20/h3-10,15,18-19,21,27H,11-14,16-17H2,1-2H3. The number of aryl methyl sites for hydroxylation is 1. The second-order valence-corrected chi connectivity index (χ2v) is 8.30.